The normalized spacial score (nSPS) is 10.5. The first-order valence-electron chi connectivity index (χ1n) is 9.59. The summed E-state index contributed by atoms with van der Waals surface area (Å²) < 4.78 is 3.16. The highest BCUT2D eigenvalue weighted by atomic mass is 16.1. The van der Waals surface area contributed by atoms with Crippen LogP contribution >= 0.6 is 0 Å². The number of amides is 1. The molecule has 1 amide bonds. The molecule has 0 aliphatic rings. The van der Waals surface area contributed by atoms with E-state index >= 15 is 0 Å². The van der Waals surface area contributed by atoms with Crippen molar-refractivity contribution in [2.75, 3.05) is 7.05 Å². The van der Waals surface area contributed by atoms with Crippen molar-refractivity contribution in [1.82, 2.24) is 19.7 Å². The maximum Gasteiger partial charge on any atom is 0.251 e. The van der Waals surface area contributed by atoms with E-state index in [-0.39, 0.29) is 11.5 Å². The second-order valence-corrected chi connectivity index (χ2v) is 7.01. The van der Waals surface area contributed by atoms with E-state index in [1.807, 2.05) is 30.5 Å². The number of carbonyl (C=O) groups is 1. The lowest BCUT2D eigenvalue weighted by atomic mass is 9.97. The Kier molecular flexibility index (Phi) is 5.21. The van der Waals surface area contributed by atoms with Gasteiger partial charge in [0.05, 0.1) is 17.4 Å². The van der Waals surface area contributed by atoms with Crippen LogP contribution in [0.2, 0.25) is 0 Å². The smallest absolute Gasteiger partial charge is 0.251 e. The summed E-state index contributed by atoms with van der Waals surface area (Å²) in [7, 11) is 3.27. The summed E-state index contributed by atoms with van der Waals surface area (Å²) in [4.78, 5) is 24.2. The molecule has 0 saturated carbocycles. The summed E-state index contributed by atoms with van der Waals surface area (Å²) in [5.74, 6) is -0.173. The van der Waals surface area contributed by atoms with E-state index in [4.69, 9.17) is 0 Å². The lowest BCUT2D eigenvalue weighted by Crippen LogP contribution is -2.17. The van der Waals surface area contributed by atoms with Gasteiger partial charge in [0.1, 0.15) is 6.07 Å². The fourth-order valence-electron chi connectivity index (χ4n) is 3.41. The molecule has 4 rings (SSSR count). The quantitative estimate of drug-likeness (QED) is 0.560. The van der Waals surface area contributed by atoms with Gasteiger partial charge in [-0.2, -0.15) is 10.4 Å². The SMILES string of the molecule is CNC(=O)c1ccc(-c2cc(=O)n(C)cc2-c2cnn(-c3ccccc3C#N)c2)cc1. The molecule has 0 unspecified atom stereocenters. The number of hydrogen-bond donors (Lipinski definition) is 1. The highest BCUT2D eigenvalue weighted by Crippen LogP contribution is 2.31. The topological polar surface area (TPSA) is 92.7 Å². The van der Waals surface area contributed by atoms with Crippen LogP contribution in [0.5, 0.6) is 0 Å². The van der Waals surface area contributed by atoms with Crippen LogP contribution in [-0.4, -0.2) is 27.3 Å². The van der Waals surface area contributed by atoms with Gasteiger partial charge in [0.2, 0.25) is 0 Å². The molecule has 0 radical (unpaired) electrons. The monoisotopic (exact) mass is 409 g/mol. The van der Waals surface area contributed by atoms with Gasteiger partial charge < -0.3 is 9.88 Å². The number of nitrogens with one attached hydrogen (secondary N) is 1. The predicted octanol–water partition coefficient (Wildman–Crippen LogP) is 3.14. The van der Waals surface area contributed by atoms with E-state index in [9.17, 15) is 14.9 Å². The number of hydrogen-bond acceptors (Lipinski definition) is 4. The summed E-state index contributed by atoms with van der Waals surface area (Å²) in [5.41, 5.74) is 4.75. The van der Waals surface area contributed by atoms with E-state index < -0.39 is 0 Å². The number of aryl methyl sites for hydroxylation is 1. The molecule has 0 spiro atoms. The van der Waals surface area contributed by atoms with Crippen LogP contribution < -0.4 is 10.9 Å². The van der Waals surface area contributed by atoms with Gasteiger partial charge in [-0.05, 0) is 35.4 Å². The van der Waals surface area contributed by atoms with Gasteiger partial charge in [-0.1, -0.05) is 24.3 Å². The van der Waals surface area contributed by atoms with E-state index in [0.717, 1.165) is 22.3 Å². The van der Waals surface area contributed by atoms with E-state index in [2.05, 4.69) is 16.5 Å². The van der Waals surface area contributed by atoms with Crippen molar-refractivity contribution in [2.24, 2.45) is 7.05 Å². The Morgan fingerprint density at radius 3 is 2.48 bits per heavy atom. The number of benzene rings is 2. The van der Waals surface area contributed by atoms with Crippen LogP contribution in [0.4, 0.5) is 0 Å². The van der Waals surface area contributed by atoms with Crippen LogP contribution in [0.15, 0.2) is 78.0 Å². The van der Waals surface area contributed by atoms with Gasteiger partial charge in [0.25, 0.3) is 11.5 Å². The van der Waals surface area contributed by atoms with Crippen LogP contribution in [0.1, 0.15) is 15.9 Å². The van der Waals surface area contributed by atoms with Gasteiger partial charge in [0, 0.05) is 49.2 Å². The maximum atomic E-state index is 12.4. The molecule has 7 nitrogen and oxygen atoms in total. The van der Waals surface area contributed by atoms with Gasteiger partial charge in [-0.3, -0.25) is 9.59 Å². The average molecular weight is 409 g/mol. The molecule has 0 saturated heterocycles. The van der Waals surface area contributed by atoms with Crippen molar-refractivity contribution in [1.29, 1.82) is 5.26 Å². The molecule has 2 heterocycles. The Bertz CT molecular complexity index is 1370. The van der Waals surface area contributed by atoms with Crippen LogP contribution in [-0.2, 0) is 7.05 Å². The fourth-order valence-corrected chi connectivity index (χ4v) is 3.41. The highest BCUT2D eigenvalue weighted by Gasteiger charge is 2.14. The average Bonchev–Trinajstić information content (AvgIpc) is 3.30. The van der Waals surface area contributed by atoms with E-state index in [0.29, 0.717) is 16.8 Å². The minimum absolute atomic E-state index is 0.142. The Morgan fingerprint density at radius 2 is 1.77 bits per heavy atom. The van der Waals surface area contributed by atoms with Crippen LogP contribution in [0, 0.1) is 11.3 Å². The molecule has 1 N–H and O–H groups in total. The van der Waals surface area contributed by atoms with Gasteiger partial charge in [0.15, 0.2) is 0 Å². The van der Waals surface area contributed by atoms with Crippen LogP contribution in [0.25, 0.3) is 27.9 Å². The zero-order chi connectivity index (χ0) is 22.0. The number of para-hydroxylation sites is 1. The fraction of sp³-hybridized carbons (Fsp3) is 0.0833. The van der Waals surface area contributed by atoms with Gasteiger partial charge in [-0.25, -0.2) is 4.68 Å². The van der Waals surface area contributed by atoms with Crippen LogP contribution in [0.3, 0.4) is 0 Å². The molecule has 2 aromatic heterocycles. The largest absolute Gasteiger partial charge is 0.355 e. The molecule has 0 fully saturated rings. The number of nitrogens with zero attached hydrogens (tertiary/aromatic N) is 4. The number of rotatable bonds is 4. The Hall–Kier alpha value is -4.44. The first-order valence-corrected chi connectivity index (χ1v) is 9.59. The zero-order valence-electron chi connectivity index (χ0n) is 17.0. The molecule has 2 aromatic carbocycles. The van der Waals surface area contributed by atoms with Gasteiger partial charge >= 0.3 is 0 Å². The van der Waals surface area contributed by atoms with E-state index in [1.165, 1.54) is 4.57 Å². The standard InChI is InChI=1S/C24H19N5O2/c1-26-24(31)17-9-7-16(8-10-17)20-11-23(30)28(2)15-21(20)19-13-27-29(14-19)22-6-4-3-5-18(22)12-25/h3-11,13-15H,1-2H3,(H,26,31). The molecule has 7 heteroatoms. The third-order valence-corrected chi connectivity index (χ3v) is 5.08. The Morgan fingerprint density at radius 1 is 1.03 bits per heavy atom. The summed E-state index contributed by atoms with van der Waals surface area (Å²) in [6.45, 7) is 0. The third-order valence-electron chi connectivity index (χ3n) is 5.08. The summed E-state index contributed by atoms with van der Waals surface area (Å²) in [6.07, 6.45) is 5.30. The van der Waals surface area contributed by atoms with Crippen molar-refractivity contribution in [3.63, 3.8) is 0 Å². The minimum Gasteiger partial charge on any atom is -0.355 e. The molecule has 4 aromatic rings. The molecule has 31 heavy (non-hydrogen) atoms. The highest BCUT2D eigenvalue weighted by molar-refractivity contribution is 5.94. The molecule has 0 aliphatic carbocycles. The number of pyridine rings is 1. The van der Waals surface area contributed by atoms with Crippen molar-refractivity contribution >= 4 is 5.91 Å². The van der Waals surface area contributed by atoms with Crippen molar-refractivity contribution < 1.29 is 4.79 Å². The third kappa shape index (κ3) is 3.74. The predicted molar refractivity (Wildman–Crippen MR) is 118 cm³/mol. The minimum atomic E-state index is -0.173. The summed E-state index contributed by atoms with van der Waals surface area (Å²) in [5, 5.41) is 16.4. The van der Waals surface area contributed by atoms with Crippen molar-refractivity contribution in [2.45, 2.75) is 0 Å². The summed E-state index contributed by atoms with van der Waals surface area (Å²) in [6, 6.07) is 18.1. The molecule has 0 aliphatic heterocycles. The van der Waals surface area contributed by atoms with E-state index in [1.54, 1.807) is 61.5 Å². The Balaban J connectivity index is 1.83. The molecular weight excluding hydrogens is 390 g/mol. The second kappa shape index (κ2) is 8.13. The number of carbonyl (C=O) groups excluding carboxylic acids is 1. The van der Waals surface area contributed by atoms with Crippen molar-refractivity contribution in [3.05, 3.63) is 94.7 Å². The molecule has 152 valence electrons. The molecule has 0 bridgehead atoms. The molecule has 0 atom stereocenters. The molecular formula is C24H19N5O2. The first kappa shape index (κ1) is 19.9. The lowest BCUT2D eigenvalue weighted by Gasteiger charge is -2.11. The Labute approximate surface area is 178 Å². The lowest BCUT2D eigenvalue weighted by molar-refractivity contribution is 0.0963. The zero-order valence-corrected chi connectivity index (χ0v) is 17.0. The maximum absolute atomic E-state index is 12.4. The number of nitriles is 1. The summed E-state index contributed by atoms with van der Waals surface area (Å²) >= 11 is 0. The first-order chi connectivity index (χ1) is 15.0. The van der Waals surface area contributed by atoms with Gasteiger partial charge in [-0.15, -0.1) is 0 Å². The van der Waals surface area contributed by atoms with Crippen molar-refractivity contribution in [3.8, 4) is 34.0 Å². The second-order valence-electron chi connectivity index (χ2n) is 7.01. The number of aromatic nitrogens is 3.